The summed E-state index contributed by atoms with van der Waals surface area (Å²) in [5.41, 5.74) is 1.63. The molecule has 0 saturated heterocycles. The number of nitrogens with zero attached hydrogens (tertiary/aromatic N) is 2. The maximum absolute atomic E-state index is 12.1. The van der Waals surface area contributed by atoms with Gasteiger partial charge in [0.2, 0.25) is 0 Å². The van der Waals surface area contributed by atoms with Crippen molar-refractivity contribution in [2.45, 2.75) is 52.6 Å². The van der Waals surface area contributed by atoms with Crippen LogP contribution in [0.4, 0.5) is 6.01 Å². The highest BCUT2D eigenvalue weighted by molar-refractivity contribution is 5.94. The average molecular weight is 316 g/mol. The first-order valence-electron chi connectivity index (χ1n) is 7.96. The van der Waals surface area contributed by atoms with Gasteiger partial charge in [-0.3, -0.25) is 4.79 Å². The average Bonchev–Trinajstić information content (AvgIpc) is 3.02. The normalized spacial score (nSPS) is 12.2. The number of amides is 1. The summed E-state index contributed by atoms with van der Waals surface area (Å²) in [5, 5.41) is 9.95. The van der Waals surface area contributed by atoms with E-state index in [2.05, 4.69) is 20.8 Å². The number of hydrogen-bond acceptors (Lipinski definition) is 5. The number of carbonyl (C=O) groups excluding carboxylic acids is 1. The third-order valence-corrected chi connectivity index (χ3v) is 3.58. The second-order valence-corrected chi connectivity index (χ2v) is 5.95. The van der Waals surface area contributed by atoms with Gasteiger partial charge in [-0.25, -0.2) is 0 Å². The van der Waals surface area contributed by atoms with Crippen LogP contribution in [0.15, 0.2) is 28.8 Å². The van der Waals surface area contributed by atoms with Gasteiger partial charge in [0, 0.05) is 24.1 Å². The molecule has 0 fully saturated rings. The largest absolute Gasteiger partial charge is 0.350 e. The highest BCUT2D eigenvalue weighted by Crippen LogP contribution is 2.14. The number of benzene rings is 1. The summed E-state index contributed by atoms with van der Waals surface area (Å²) in [7, 11) is 0. The molecule has 0 aliphatic rings. The lowest BCUT2D eigenvalue weighted by molar-refractivity contribution is 0.0939. The van der Waals surface area contributed by atoms with E-state index in [0.717, 1.165) is 12.0 Å². The van der Waals surface area contributed by atoms with Crippen molar-refractivity contribution in [3.8, 4) is 0 Å². The number of carbonyl (C=O) groups is 1. The molecule has 2 rings (SSSR count). The first-order chi connectivity index (χ1) is 11.0. The first kappa shape index (κ1) is 17.0. The van der Waals surface area contributed by atoms with Crippen LogP contribution in [0.2, 0.25) is 0 Å². The number of hydrogen-bond donors (Lipinski definition) is 2. The molecule has 1 aromatic heterocycles. The minimum atomic E-state index is -0.0546. The fourth-order valence-electron chi connectivity index (χ4n) is 1.95. The van der Waals surface area contributed by atoms with E-state index in [1.807, 2.05) is 52.0 Å². The van der Waals surface area contributed by atoms with E-state index >= 15 is 0 Å². The predicted molar refractivity (Wildman–Crippen MR) is 89.4 cm³/mol. The molecule has 0 saturated carbocycles. The molecule has 2 aromatic rings. The second-order valence-electron chi connectivity index (χ2n) is 5.95. The molecule has 2 N–H and O–H groups in total. The highest BCUT2D eigenvalue weighted by atomic mass is 16.5. The third-order valence-electron chi connectivity index (χ3n) is 3.58. The monoisotopic (exact) mass is 316 g/mol. The van der Waals surface area contributed by atoms with Gasteiger partial charge in [-0.05, 0) is 31.0 Å². The Morgan fingerprint density at radius 2 is 2.09 bits per heavy atom. The molecule has 124 valence electrons. The molecule has 6 nitrogen and oxygen atoms in total. The van der Waals surface area contributed by atoms with Crippen LogP contribution in [0.5, 0.6) is 0 Å². The van der Waals surface area contributed by atoms with Crippen molar-refractivity contribution in [1.82, 2.24) is 15.5 Å². The summed E-state index contributed by atoms with van der Waals surface area (Å²) in [6.07, 6.45) is 0.905. The Morgan fingerprint density at radius 3 is 2.74 bits per heavy atom. The van der Waals surface area contributed by atoms with Crippen molar-refractivity contribution < 1.29 is 9.32 Å². The van der Waals surface area contributed by atoms with Crippen molar-refractivity contribution in [2.24, 2.45) is 0 Å². The lowest BCUT2D eigenvalue weighted by Crippen LogP contribution is -2.31. The number of aromatic nitrogens is 2. The van der Waals surface area contributed by atoms with Gasteiger partial charge >= 0.3 is 6.01 Å². The van der Waals surface area contributed by atoms with Gasteiger partial charge in [0.25, 0.3) is 5.91 Å². The number of nitrogens with one attached hydrogen (secondary N) is 2. The summed E-state index contributed by atoms with van der Waals surface area (Å²) >= 11 is 0. The summed E-state index contributed by atoms with van der Waals surface area (Å²) in [4.78, 5) is 16.4. The van der Waals surface area contributed by atoms with Crippen LogP contribution < -0.4 is 10.6 Å². The summed E-state index contributed by atoms with van der Waals surface area (Å²) < 4.78 is 5.14. The standard InChI is InChI=1S/C17H24N4O2/c1-5-12(4)19-16(22)14-8-6-7-13(9-14)10-18-17-20-15(11(2)3)21-23-17/h6-9,11-12H,5,10H2,1-4H3,(H,19,22)(H,18,20,21). The Bertz CT molecular complexity index is 652. The number of rotatable bonds is 7. The summed E-state index contributed by atoms with van der Waals surface area (Å²) in [6, 6.07) is 8.05. The lowest BCUT2D eigenvalue weighted by atomic mass is 10.1. The third kappa shape index (κ3) is 4.81. The zero-order valence-electron chi connectivity index (χ0n) is 14.1. The summed E-state index contributed by atoms with van der Waals surface area (Å²) in [5.74, 6) is 0.845. The quantitative estimate of drug-likeness (QED) is 0.819. The van der Waals surface area contributed by atoms with E-state index in [-0.39, 0.29) is 17.9 Å². The molecule has 1 heterocycles. The zero-order valence-corrected chi connectivity index (χ0v) is 14.1. The van der Waals surface area contributed by atoms with Crippen LogP contribution in [0.1, 0.15) is 61.8 Å². The van der Waals surface area contributed by atoms with Gasteiger partial charge < -0.3 is 15.2 Å². The Labute approximate surface area is 136 Å². The molecule has 0 radical (unpaired) electrons. The predicted octanol–water partition coefficient (Wildman–Crippen LogP) is 3.33. The maximum Gasteiger partial charge on any atom is 0.321 e. The topological polar surface area (TPSA) is 80.0 Å². The van der Waals surface area contributed by atoms with Crippen molar-refractivity contribution in [1.29, 1.82) is 0 Å². The molecule has 1 aromatic carbocycles. The molecular weight excluding hydrogens is 292 g/mol. The minimum Gasteiger partial charge on any atom is -0.350 e. The van der Waals surface area contributed by atoms with Crippen LogP contribution in [0, 0.1) is 0 Å². The fraction of sp³-hybridized carbons (Fsp3) is 0.471. The molecule has 1 unspecified atom stereocenters. The van der Waals surface area contributed by atoms with Crippen LogP contribution in [0.3, 0.4) is 0 Å². The molecule has 0 aliphatic heterocycles. The van der Waals surface area contributed by atoms with Gasteiger partial charge in [-0.1, -0.05) is 38.1 Å². The van der Waals surface area contributed by atoms with E-state index in [9.17, 15) is 4.79 Å². The van der Waals surface area contributed by atoms with Crippen molar-refractivity contribution in [2.75, 3.05) is 5.32 Å². The van der Waals surface area contributed by atoms with E-state index in [0.29, 0.717) is 23.9 Å². The second kappa shape index (κ2) is 7.76. The van der Waals surface area contributed by atoms with E-state index in [4.69, 9.17) is 4.52 Å². The smallest absolute Gasteiger partial charge is 0.321 e. The molecule has 0 bridgehead atoms. The molecule has 1 amide bonds. The van der Waals surface area contributed by atoms with Crippen molar-refractivity contribution >= 4 is 11.9 Å². The SMILES string of the molecule is CCC(C)NC(=O)c1cccc(CNc2nc(C(C)C)no2)c1. The van der Waals surface area contributed by atoms with E-state index in [1.165, 1.54) is 0 Å². The van der Waals surface area contributed by atoms with Crippen molar-refractivity contribution in [3.63, 3.8) is 0 Å². The fourth-order valence-corrected chi connectivity index (χ4v) is 1.95. The van der Waals surface area contributed by atoms with Crippen LogP contribution >= 0.6 is 0 Å². The summed E-state index contributed by atoms with van der Waals surface area (Å²) in [6.45, 7) is 8.57. The maximum atomic E-state index is 12.1. The van der Waals surface area contributed by atoms with Crippen LogP contribution in [-0.4, -0.2) is 22.1 Å². The first-order valence-corrected chi connectivity index (χ1v) is 7.96. The van der Waals surface area contributed by atoms with Crippen LogP contribution in [0.25, 0.3) is 0 Å². The molecular formula is C17H24N4O2. The number of anilines is 1. The minimum absolute atomic E-state index is 0.0546. The molecule has 23 heavy (non-hydrogen) atoms. The van der Waals surface area contributed by atoms with Crippen molar-refractivity contribution in [3.05, 3.63) is 41.2 Å². The Balaban J connectivity index is 1.98. The zero-order chi connectivity index (χ0) is 16.8. The van der Waals surface area contributed by atoms with Gasteiger partial charge in [0.1, 0.15) is 0 Å². The Hall–Kier alpha value is -2.37. The molecule has 6 heteroatoms. The molecule has 0 spiro atoms. The van der Waals surface area contributed by atoms with Gasteiger partial charge in [-0.15, -0.1) is 0 Å². The lowest BCUT2D eigenvalue weighted by Gasteiger charge is -2.12. The Morgan fingerprint density at radius 1 is 1.30 bits per heavy atom. The van der Waals surface area contributed by atoms with Gasteiger partial charge in [0.05, 0.1) is 0 Å². The van der Waals surface area contributed by atoms with Gasteiger partial charge in [-0.2, -0.15) is 4.98 Å². The Kier molecular flexibility index (Phi) is 5.73. The van der Waals surface area contributed by atoms with E-state index < -0.39 is 0 Å². The molecule has 1 atom stereocenters. The van der Waals surface area contributed by atoms with Crippen LogP contribution in [-0.2, 0) is 6.54 Å². The van der Waals surface area contributed by atoms with Gasteiger partial charge in [0.15, 0.2) is 5.82 Å². The highest BCUT2D eigenvalue weighted by Gasteiger charge is 2.11. The molecule has 0 aliphatic carbocycles. The van der Waals surface area contributed by atoms with E-state index in [1.54, 1.807) is 0 Å².